The summed E-state index contributed by atoms with van der Waals surface area (Å²) in [6, 6.07) is 16.4. The number of aliphatic hydroxyl groups is 1. The number of hydrogen-bond donors (Lipinski definition) is 3. The average molecular weight is 477 g/mol. The van der Waals surface area contributed by atoms with Crippen LogP contribution < -0.4 is 15.4 Å². The molecule has 3 aromatic rings. The predicted molar refractivity (Wildman–Crippen MR) is 121 cm³/mol. The number of halogens is 2. The lowest BCUT2D eigenvalue weighted by atomic mass is 10.0. The van der Waals surface area contributed by atoms with E-state index < -0.39 is 24.0 Å². The summed E-state index contributed by atoms with van der Waals surface area (Å²) in [6.45, 7) is -0.193. The Labute approximate surface area is 195 Å². The summed E-state index contributed by atoms with van der Waals surface area (Å²) in [5.41, 5.74) is 0.867. The van der Waals surface area contributed by atoms with Crippen LogP contribution in [-0.2, 0) is 11.2 Å². The van der Waals surface area contributed by atoms with Crippen molar-refractivity contribution in [1.82, 2.24) is 10.6 Å². The highest BCUT2D eigenvalue weighted by Gasteiger charge is 2.23. The van der Waals surface area contributed by atoms with E-state index in [-0.39, 0.29) is 30.4 Å². The van der Waals surface area contributed by atoms with Gasteiger partial charge in [-0.15, -0.1) is 0 Å². The summed E-state index contributed by atoms with van der Waals surface area (Å²) >= 11 is 12.0. The van der Waals surface area contributed by atoms with E-state index in [9.17, 15) is 14.7 Å². The maximum Gasteiger partial charge on any atom is 0.287 e. The molecule has 32 heavy (non-hydrogen) atoms. The van der Waals surface area contributed by atoms with E-state index in [1.165, 1.54) is 12.3 Å². The normalized spacial score (nSPS) is 12.6. The first-order valence-corrected chi connectivity index (χ1v) is 10.6. The summed E-state index contributed by atoms with van der Waals surface area (Å²) in [4.78, 5) is 25.2. The summed E-state index contributed by atoms with van der Waals surface area (Å²) in [5.74, 6) is -0.529. The van der Waals surface area contributed by atoms with Crippen LogP contribution >= 0.6 is 23.2 Å². The molecule has 2 atom stereocenters. The summed E-state index contributed by atoms with van der Waals surface area (Å²) in [7, 11) is 0. The Hall–Kier alpha value is -3.00. The van der Waals surface area contributed by atoms with E-state index >= 15 is 0 Å². The highest BCUT2D eigenvalue weighted by molar-refractivity contribution is 6.42. The van der Waals surface area contributed by atoms with Crippen LogP contribution in [0.25, 0.3) is 0 Å². The third-order valence-electron chi connectivity index (χ3n) is 4.51. The van der Waals surface area contributed by atoms with Gasteiger partial charge in [0.25, 0.3) is 5.91 Å². The third-order valence-corrected chi connectivity index (χ3v) is 5.31. The second-order valence-corrected chi connectivity index (χ2v) is 7.74. The zero-order valence-corrected chi connectivity index (χ0v) is 18.5. The lowest BCUT2D eigenvalue weighted by molar-refractivity contribution is -0.123. The second kappa shape index (κ2) is 11.6. The number of carbonyl (C=O) groups excluding carboxylic acids is 2. The Kier molecular flexibility index (Phi) is 8.56. The zero-order chi connectivity index (χ0) is 22.9. The zero-order valence-electron chi connectivity index (χ0n) is 17.0. The van der Waals surface area contributed by atoms with E-state index in [4.69, 9.17) is 32.4 Å². The number of aliphatic hydroxyl groups excluding tert-OH is 1. The van der Waals surface area contributed by atoms with Gasteiger partial charge < -0.3 is 24.9 Å². The van der Waals surface area contributed by atoms with Gasteiger partial charge in [-0.25, -0.2) is 0 Å². The number of carbonyl (C=O) groups is 2. The minimum Gasteiger partial charge on any atom is -0.489 e. The molecule has 0 aliphatic rings. The number of nitrogens with one attached hydrogen (secondary N) is 2. The molecule has 0 saturated heterocycles. The number of ether oxygens (including phenoxy) is 1. The topological polar surface area (TPSA) is 101 Å². The first-order valence-electron chi connectivity index (χ1n) is 9.85. The molecule has 0 spiro atoms. The maximum atomic E-state index is 12.8. The SMILES string of the molecule is O=C(NC(Cc1ccccc1)C(=O)NCC(O)COc1cccc(Cl)c1Cl)c1ccco1. The van der Waals surface area contributed by atoms with Crippen LogP contribution in [0, 0.1) is 0 Å². The van der Waals surface area contributed by atoms with Crippen molar-refractivity contribution in [2.75, 3.05) is 13.2 Å². The summed E-state index contributed by atoms with van der Waals surface area (Å²) < 4.78 is 10.6. The Bertz CT molecular complexity index is 1030. The van der Waals surface area contributed by atoms with Gasteiger partial charge >= 0.3 is 0 Å². The molecule has 0 fully saturated rings. The van der Waals surface area contributed by atoms with Crippen LogP contribution in [0.1, 0.15) is 16.1 Å². The molecule has 0 radical (unpaired) electrons. The van der Waals surface area contributed by atoms with Crippen LogP contribution in [0.15, 0.2) is 71.3 Å². The molecule has 1 heterocycles. The Morgan fingerprint density at radius 2 is 1.81 bits per heavy atom. The lowest BCUT2D eigenvalue weighted by Gasteiger charge is -2.20. The fourth-order valence-corrected chi connectivity index (χ4v) is 3.22. The van der Waals surface area contributed by atoms with Crippen molar-refractivity contribution >= 4 is 35.0 Å². The molecule has 1 aromatic heterocycles. The van der Waals surface area contributed by atoms with Crippen molar-refractivity contribution in [2.45, 2.75) is 18.6 Å². The van der Waals surface area contributed by atoms with Crippen LogP contribution in [0.5, 0.6) is 5.75 Å². The summed E-state index contributed by atoms with van der Waals surface area (Å²) in [6.07, 6.45) is 0.639. The number of benzene rings is 2. The quantitative estimate of drug-likeness (QED) is 0.415. The molecule has 0 bridgehead atoms. The molecule has 2 unspecified atom stereocenters. The molecule has 168 valence electrons. The van der Waals surface area contributed by atoms with Crippen LogP contribution in [0.3, 0.4) is 0 Å². The average Bonchev–Trinajstić information content (AvgIpc) is 3.34. The van der Waals surface area contributed by atoms with E-state index in [0.29, 0.717) is 10.8 Å². The molecule has 0 aliphatic heterocycles. The molecule has 0 aliphatic carbocycles. The van der Waals surface area contributed by atoms with Gasteiger partial charge in [0.15, 0.2) is 5.76 Å². The Balaban J connectivity index is 1.57. The molecule has 3 N–H and O–H groups in total. The predicted octanol–water partition coefficient (Wildman–Crippen LogP) is 3.48. The highest BCUT2D eigenvalue weighted by Crippen LogP contribution is 2.31. The maximum absolute atomic E-state index is 12.8. The minimum atomic E-state index is -1.01. The second-order valence-electron chi connectivity index (χ2n) is 6.96. The Morgan fingerprint density at radius 3 is 2.53 bits per heavy atom. The number of hydrogen-bond acceptors (Lipinski definition) is 5. The fourth-order valence-electron chi connectivity index (χ4n) is 2.88. The Morgan fingerprint density at radius 1 is 1.03 bits per heavy atom. The van der Waals surface area contributed by atoms with Crippen molar-refractivity contribution in [1.29, 1.82) is 0 Å². The van der Waals surface area contributed by atoms with Gasteiger partial charge in [0.2, 0.25) is 5.91 Å². The lowest BCUT2D eigenvalue weighted by Crippen LogP contribution is -2.49. The first-order chi connectivity index (χ1) is 15.4. The minimum absolute atomic E-state index is 0.0844. The van der Waals surface area contributed by atoms with Crippen molar-refractivity contribution in [3.05, 3.63) is 88.3 Å². The molecular weight excluding hydrogens is 455 g/mol. The van der Waals surface area contributed by atoms with Crippen molar-refractivity contribution in [3.63, 3.8) is 0 Å². The van der Waals surface area contributed by atoms with Gasteiger partial charge in [0.1, 0.15) is 29.5 Å². The van der Waals surface area contributed by atoms with Gasteiger partial charge in [-0.2, -0.15) is 0 Å². The largest absolute Gasteiger partial charge is 0.489 e. The van der Waals surface area contributed by atoms with Crippen LogP contribution in [0.2, 0.25) is 10.0 Å². The van der Waals surface area contributed by atoms with Crippen LogP contribution in [-0.4, -0.2) is 42.2 Å². The monoisotopic (exact) mass is 476 g/mol. The van der Waals surface area contributed by atoms with E-state index in [2.05, 4.69) is 10.6 Å². The van der Waals surface area contributed by atoms with E-state index in [0.717, 1.165) is 5.56 Å². The number of rotatable bonds is 10. The van der Waals surface area contributed by atoms with Crippen LogP contribution in [0.4, 0.5) is 0 Å². The standard InChI is InChI=1S/C23H22Cl2N2O5/c24-17-8-4-9-19(21(17)25)32-14-16(28)13-26-22(29)18(12-15-6-2-1-3-7-15)27-23(30)20-10-5-11-31-20/h1-11,16,18,28H,12-14H2,(H,26,29)(H,27,30). The number of amides is 2. The first kappa shape index (κ1) is 23.7. The van der Waals surface area contributed by atoms with E-state index in [1.54, 1.807) is 24.3 Å². The molecule has 7 nitrogen and oxygen atoms in total. The molecule has 2 amide bonds. The molecule has 2 aromatic carbocycles. The molecular formula is C23H22Cl2N2O5. The smallest absolute Gasteiger partial charge is 0.287 e. The fraction of sp³-hybridized carbons (Fsp3) is 0.217. The molecule has 3 rings (SSSR count). The van der Waals surface area contributed by atoms with Gasteiger partial charge in [0.05, 0.1) is 11.3 Å². The molecule has 0 saturated carbocycles. The summed E-state index contributed by atoms with van der Waals surface area (Å²) in [5, 5.41) is 16.1. The molecule has 9 heteroatoms. The van der Waals surface area contributed by atoms with Gasteiger partial charge in [-0.1, -0.05) is 59.6 Å². The van der Waals surface area contributed by atoms with Crippen molar-refractivity contribution in [3.8, 4) is 5.75 Å². The number of furan rings is 1. The van der Waals surface area contributed by atoms with E-state index in [1.807, 2.05) is 30.3 Å². The van der Waals surface area contributed by atoms with Crippen molar-refractivity contribution in [2.24, 2.45) is 0 Å². The van der Waals surface area contributed by atoms with Gasteiger partial charge in [0, 0.05) is 13.0 Å². The third kappa shape index (κ3) is 6.75. The van der Waals surface area contributed by atoms with Gasteiger partial charge in [-0.05, 0) is 29.8 Å². The van der Waals surface area contributed by atoms with Crippen molar-refractivity contribution < 1.29 is 23.8 Å². The highest BCUT2D eigenvalue weighted by atomic mass is 35.5. The van der Waals surface area contributed by atoms with Gasteiger partial charge in [-0.3, -0.25) is 9.59 Å².